The molecule has 0 saturated carbocycles. The molecule has 3 N–H and O–H groups in total. The molecule has 0 fully saturated rings. The summed E-state index contributed by atoms with van der Waals surface area (Å²) in [6, 6.07) is 10.3. The molecule has 0 radical (unpaired) electrons. The van der Waals surface area contributed by atoms with E-state index in [1.165, 1.54) is 11.1 Å². The van der Waals surface area contributed by atoms with E-state index in [0.29, 0.717) is 17.1 Å². The van der Waals surface area contributed by atoms with Gasteiger partial charge in [0.05, 0.1) is 23.3 Å². The van der Waals surface area contributed by atoms with Gasteiger partial charge in [-0.25, -0.2) is 4.98 Å². The number of para-hydroxylation sites is 2. The molecule has 0 saturated heterocycles. The van der Waals surface area contributed by atoms with E-state index in [4.69, 9.17) is 5.73 Å². The fourth-order valence-corrected chi connectivity index (χ4v) is 2.08. The van der Waals surface area contributed by atoms with Crippen LogP contribution in [0.3, 0.4) is 0 Å². The molecule has 100 valence electrons. The van der Waals surface area contributed by atoms with Gasteiger partial charge in [-0.15, -0.1) is 0 Å². The Morgan fingerprint density at radius 2 is 2.05 bits per heavy atom. The molecule has 2 amide bonds. The average Bonchev–Trinajstić information content (AvgIpc) is 2.46. The van der Waals surface area contributed by atoms with E-state index in [9.17, 15) is 9.59 Å². The van der Waals surface area contributed by atoms with Crippen molar-refractivity contribution in [3.63, 3.8) is 0 Å². The maximum Gasteiger partial charge on any atom is 0.277 e. The first-order chi connectivity index (χ1) is 9.65. The zero-order chi connectivity index (χ0) is 14.1. The highest BCUT2D eigenvalue weighted by Crippen LogP contribution is 2.29. The van der Waals surface area contributed by atoms with Crippen molar-refractivity contribution in [3.8, 4) is 0 Å². The van der Waals surface area contributed by atoms with Crippen LogP contribution in [0.1, 0.15) is 10.5 Å². The number of hydrogen-bond acceptors (Lipinski definition) is 4. The van der Waals surface area contributed by atoms with Gasteiger partial charge >= 0.3 is 0 Å². The lowest BCUT2D eigenvalue weighted by Crippen LogP contribution is -2.42. The van der Waals surface area contributed by atoms with E-state index in [0.717, 1.165) is 0 Å². The number of fused-ring (bicyclic) bond motifs is 1. The Kier molecular flexibility index (Phi) is 2.83. The van der Waals surface area contributed by atoms with Crippen molar-refractivity contribution >= 4 is 28.9 Å². The molecule has 1 aliphatic heterocycles. The lowest BCUT2D eigenvalue weighted by Gasteiger charge is -2.28. The minimum Gasteiger partial charge on any atom is -0.397 e. The van der Waals surface area contributed by atoms with Gasteiger partial charge in [0, 0.05) is 0 Å². The molecule has 2 aromatic rings. The summed E-state index contributed by atoms with van der Waals surface area (Å²) in [5.41, 5.74) is 7.57. The summed E-state index contributed by atoms with van der Waals surface area (Å²) in [7, 11) is 0. The predicted octanol–water partition coefficient (Wildman–Crippen LogP) is 1.26. The molecule has 6 nitrogen and oxygen atoms in total. The lowest BCUT2D eigenvalue weighted by molar-refractivity contribution is -0.115. The molecule has 0 bridgehead atoms. The minimum absolute atomic E-state index is 0.0259. The SMILES string of the molecule is Nc1ccc(C(=O)N2CC(=O)Nc3ccccc32)nc1. The average molecular weight is 268 g/mol. The summed E-state index contributed by atoms with van der Waals surface area (Å²) in [6.45, 7) is -0.0259. The van der Waals surface area contributed by atoms with Crippen LogP contribution >= 0.6 is 0 Å². The second kappa shape index (κ2) is 4.65. The predicted molar refractivity (Wildman–Crippen MR) is 75.4 cm³/mol. The number of carbonyl (C=O) groups is 2. The number of pyridine rings is 1. The number of hydrogen-bond donors (Lipinski definition) is 2. The maximum absolute atomic E-state index is 12.5. The van der Waals surface area contributed by atoms with Crippen LogP contribution in [0.25, 0.3) is 0 Å². The topological polar surface area (TPSA) is 88.3 Å². The Morgan fingerprint density at radius 1 is 1.25 bits per heavy atom. The second-order valence-electron chi connectivity index (χ2n) is 4.43. The Labute approximate surface area is 115 Å². The highest BCUT2D eigenvalue weighted by Gasteiger charge is 2.27. The lowest BCUT2D eigenvalue weighted by atomic mass is 10.1. The van der Waals surface area contributed by atoms with Gasteiger partial charge in [0.25, 0.3) is 5.91 Å². The highest BCUT2D eigenvalue weighted by atomic mass is 16.2. The summed E-state index contributed by atoms with van der Waals surface area (Å²) in [6.07, 6.45) is 1.42. The van der Waals surface area contributed by atoms with Crippen molar-refractivity contribution in [1.82, 2.24) is 4.98 Å². The number of nitrogens with one attached hydrogen (secondary N) is 1. The van der Waals surface area contributed by atoms with Crippen LogP contribution in [-0.4, -0.2) is 23.3 Å². The van der Waals surface area contributed by atoms with Crippen molar-refractivity contribution < 1.29 is 9.59 Å². The second-order valence-corrected chi connectivity index (χ2v) is 4.43. The van der Waals surface area contributed by atoms with E-state index in [1.807, 2.05) is 6.07 Å². The number of benzene rings is 1. The summed E-state index contributed by atoms with van der Waals surface area (Å²) in [5.74, 6) is -0.556. The highest BCUT2D eigenvalue weighted by molar-refractivity contribution is 6.14. The molecule has 1 aliphatic rings. The van der Waals surface area contributed by atoms with Crippen molar-refractivity contribution in [3.05, 3.63) is 48.3 Å². The van der Waals surface area contributed by atoms with Gasteiger partial charge in [0.2, 0.25) is 5.91 Å². The Morgan fingerprint density at radius 3 is 2.80 bits per heavy atom. The van der Waals surface area contributed by atoms with Crippen molar-refractivity contribution in [1.29, 1.82) is 0 Å². The number of aromatic nitrogens is 1. The molecule has 1 aromatic heterocycles. The first kappa shape index (κ1) is 12.2. The van der Waals surface area contributed by atoms with Crippen molar-refractivity contribution in [2.24, 2.45) is 0 Å². The summed E-state index contributed by atoms with van der Waals surface area (Å²) in [4.78, 5) is 29.6. The molecule has 2 heterocycles. The standard InChI is InChI=1S/C14H12N4O2/c15-9-5-6-11(16-7-9)14(20)18-8-13(19)17-10-3-1-2-4-12(10)18/h1-7H,8,15H2,(H,17,19). The van der Waals surface area contributed by atoms with Gasteiger partial charge in [-0.05, 0) is 24.3 Å². The minimum atomic E-state index is -0.327. The maximum atomic E-state index is 12.5. The number of rotatable bonds is 1. The number of amides is 2. The molecular formula is C14H12N4O2. The molecule has 6 heteroatoms. The van der Waals surface area contributed by atoms with Gasteiger partial charge in [-0.1, -0.05) is 12.1 Å². The van der Waals surface area contributed by atoms with E-state index in [1.54, 1.807) is 30.3 Å². The number of carbonyl (C=O) groups excluding carboxylic acids is 2. The zero-order valence-corrected chi connectivity index (χ0v) is 10.5. The number of nitrogens with zero attached hydrogens (tertiary/aromatic N) is 2. The summed E-state index contributed by atoms with van der Waals surface area (Å²) >= 11 is 0. The van der Waals surface area contributed by atoms with Crippen LogP contribution in [0.5, 0.6) is 0 Å². The molecule has 0 aliphatic carbocycles. The Hall–Kier alpha value is -2.89. The molecule has 20 heavy (non-hydrogen) atoms. The number of nitrogens with two attached hydrogens (primary N) is 1. The quantitative estimate of drug-likeness (QED) is 0.815. The fraction of sp³-hybridized carbons (Fsp3) is 0.0714. The third kappa shape index (κ3) is 2.07. The first-order valence-electron chi connectivity index (χ1n) is 6.07. The fourth-order valence-electron chi connectivity index (χ4n) is 2.08. The summed E-state index contributed by atoms with van der Waals surface area (Å²) in [5, 5.41) is 2.73. The van der Waals surface area contributed by atoms with Crippen LogP contribution in [-0.2, 0) is 4.79 Å². The molecule has 1 aromatic carbocycles. The van der Waals surface area contributed by atoms with Gasteiger partial charge in [0.15, 0.2) is 0 Å². The zero-order valence-electron chi connectivity index (χ0n) is 10.5. The monoisotopic (exact) mass is 268 g/mol. The third-order valence-electron chi connectivity index (χ3n) is 3.02. The van der Waals surface area contributed by atoms with Crippen LogP contribution in [0.4, 0.5) is 17.1 Å². The van der Waals surface area contributed by atoms with E-state index in [2.05, 4.69) is 10.3 Å². The molecule has 0 atom stereocenters. The Balaban J connectivity index is 1.99. The smallest absolute Gasteiger partial charge is 0.277 e. The number of nitrogen functional groups attached to an aromatic ring is 1. The van der Waals surface area contributed by atoms with Gasteiger partial charge in [-0.2, -0.15) is 0 Å². The van der Waals surface area contributed by atoms with Crippen LogP contribution in [0.15, 0.2) is 42.6 Å². The van der Waals surface area contributed by atoms with Crippen LogP contribution < -0.4 is 16.0 Å². The molecule has 0 unspecified atom stereocenters. The van der Waals surface area contributed by atoms with Gasteiger partial charge in [-0.3, -0.25) is 14.5 Å². The van der Waals surface area contributed by atoms with Gasteiger partial charge < -0.3 is 11.1 Å². The number of anilines is 3. The van der Waals surface area contributed by atoms with Gasteiger partial charge in [0.1, 0.15) is 12.2 Å². The van der Waals surface area contributed by atoms with E-state index < -0.39 is 0 Å². The summed E-state index contributed by atoms with van der Waals surface area (Å²) < 4.78 is 0. The van der Waals surface area contributed by atoms with Crippen LogP contribution in [0.2, 0.25) is 0 Å². The van der Waals surface area contributed by atoms with E-state index >= 15 is 0 Å². The van der Waals surface area contributed by atoms with Crippen molar-refractivity contribution in [2.45, 2.75) is 0 Å². The first-order valence-corrected chi connectivity index (χ1v) is 6.07. The largest absolute Gasteiger partial charge is 0.397 e. The molecular weight excluding hydrogens is 256 g/mol. The van der Waals surface area contributed by atoms with E-state index in [-0.39, 0.29) is 24.1 Å². The molecule has 0 spiro atoms. The molecule has 3 rings (SSSR count). The third-order valence-corrected chi connectivity index (χ3v) is 3.02. The Bertz CT molecular complexity index is 682. The normalized spacial score (nSPS) is 13.6. The van der Waals surface area contributed by atoms with Crippen LogP contribution in [0, 0.1) is 0 Å². The van der Waals surface area contributed by atoms with Crippen molar-refractivity contribution in [2.75, 3.05) is 22.5 Å².